The van der Waals surface area contributed by atoms with Gasteiger partial charge in [0.2, 0.25) is 11.8 Å². The summed E-state index contributed by atoms with van der Waals surface area (Å²) in [5.74, 6) is 1.70. The van der Waals surface area contributed by atoms with Crippen molar-refractivity contribution in [1.82, 2.24) is 20.0 Å². The Labute approximate surface area is 209 Å². The van der Waals surface area contributed by atoms with E-state index in [1.165, 1.54) is 0 Å². The average Bonchev–Trinajstić information content (AvgIpc) is 3.67. The monoisotopic (exact) mass is 480 g/mol. The summed E-state index contributed by atoms with van der Waals surface area (Å²) < 4.78 is 6.20. The first-order valence-electron chi connectivity index (χ1n) is 13.4. The van der Waals surface area contributed by atoms with Gasteiger partial charge in [-0.05, 0) is 70.1 Å². The fourth-order valence-corrected chi connectivity index (χ4v) is 5.79. The molecular weight excluding hydrogens is 440 g/mol. The predicted octanol–water partition coefficient (Wildman–Crippen LogP) is 2.66. The number of para-hydroxylation sites is 1. The van der Waals surface area contributed by atoms with Crippen LogP contribution in [0.3, 0.4) is 0 Å². The second kappa shape index (κ2) is 11.1. The van der Waals surface area contributed by atoms with Crippen LogP contribution < -0.4 is 10.1 Å². The van der Waals surface area contributed by atoms with Crippen LogP contribution in [0.4, 0.5) is 0 Å². The van der Waals surface area contributed by atoms with Crippen LogP contribution in [0, 0.1) is 11.8 Å². The van der Waals surface area contributed by atoms with E-state index >= 15 is 0 Å². The highest BCUT2D eigenvalue weighted by Gasteiger charge is 2.34. The molecule has 2 bridgehead atoms. The van der Waals surface area contributed by atoms with Gasteiger partial charge in [-0.2, -0.15) is 0 Å². The molecule has 2 saturated heterocycles. The molecular formula is C28H40N4O3. The summed E-state index contributed by atoms with van der Waals surface area (Å²) in [6, 6.07) is 9.00. The third-order valence-corrected chi connectivity index (χ3v) is 8.16. The smallest absolute Gasteiger partial charge is 0.236 e. The van der Waals surface area contributed by atoms with Crippen LogP contribution in [-0.4, -0.2) is 85.0 Å². The van der Waals surface area contributed by atoms with E-state index in [0.29, 0.717) is 38.2 Å². The molecule has 1 saturated carbocycles. The quantitative estimate of drug-likeness (QED) is 0.672. The molecule has 3 heterocycles. The standard InChI is InChI=1S/C28H40N4O3/c1-30-13-11-25(12-14-30)32-19-23-5-2-3-7-26(23)35-16-4-6-22-18-31(28(34)20-32)15-10-21(22)17-27(33)29-24-8-9-24/h2-7,21-22,24-25H,8-20H2,1H3,(H,29,33)/b6-4-/t21-,22-/m0/s1. The van der Waals surface area contributed by atoms with E-state index in [2.05, 4.69) is 46.4 Å². The van der Waals surface area contributed by atoms with Gasteiger partial charge in [-0.15, -0.1) is 0 Å². The van der Waals surface area contributed by atoms with E-state index in [1.54, 1.807) is 0 Å². The molecule has 0 spiro atoms. The van der Waals surface area contributed by atoms with Crippen molar-refractivity contribution >= 4 is 11.8 Å². The summed E-state index contributed by atoms with van der Waals surface area (Å²) in [6.07, 6.45) is 10.0. The molecule has 7 heteroatoms. The number of piperidine rings is 2. The maximum absolute atomic E-state index is 13.6. The number of rotatable bonds is 4. The zero-order valence-corrected chi connectivity index (χ0v) is 21.0. The fraction of sp³-hybridized carbons (Fsp3) is 0.643. The highest BCUT2D eigenvalue weighted by atomic mass is 16.5. The van der Waals surface area contributed by atoms with E-state index < -0.39 is 0 Å². The first kappa shape index (κ1) is 24.3. The lowest BCUT2D eigenvalue weighted by Gasteiger charge is -2.40. The van der Waals surface area contributed by atoms with Gasteiger partial charge in [0.05, 0.1) is 6.54 Å². The Bertz CT molecular complexity index is 923. The molecule has 1 aromatic carbocycles. The molecule has 1 N–H and O–H groups in total. The van der Waals surface area contributed by atoms with Crippen LogP contribution in [0.25, 0.3) is 0 Å². The van der Waals surface area contributed by atoms with Crippen molar-refractivity contribution in [2.24, 2.45) is 11.8 Å². The minimum Gasteiger partial charge on any atom is -0.489 e. The highest BCUT2D eigenvalue weighted by Crippen LogP contribution is 2.30. The molecule has 190 valence electrons. The number of carbonyl (C=O) groups is 2. The zero-order valence-electron chi connectivity index (χ0n) is 21.0. The maximum atomic E-state index is 13.6. The molecule has 7 nitrogen and oxygen atoms in total. The van der Waals surface area contributed by atoms with Crippen molar-refractivity contribution in [1.29, 1.82) is 0 Å². The molecule has 0 aromatic heterocycles. The van der Waals surface area contributed by atoms with Gasteiger partial charge in [0.15, 0.2) is 0 Å². The Morgan fingerprint density at radius 2 is 1.86 bits per heavy atom. The van der Waals surface area contributed by atoms with E-state index in [9.17, 15) is 9.59 Å². The van der Waals surface area contributed by atoms with Crippen molar-refractivity contribution in [3.05, 3.63) is 42.0 Å². The second-order valence-electron chi connectivity index (χ2n) is 10.9. The van der Waals surface area contributed by atoms with Crippen LogP contribution in [0.2, 0.25) is 0 Å². The third kappa shape index (κ3) is 6.44. The Kier molecular flexibility index (Phi) is 7.73. The summed E-state index contributed by atoms with van der Waals surface area (Å²) in [5.41, 5.74) is 1.14. The van der Waals surface area contributed by atoms with Crippen molar-refractivity contribution in [2.45, 2.75) is 57.2 Å². The van der Waals surface area contributed by atoms with Crippen molar-refractivity contribution in [3.8, 4) is 5.75 Å². The van der Waals surface area contributed by atoms with Crippen LogP contribution in [-0.2, 0) is 16.1 Å². The third-order valence-electron chi connectivity index (χ3n) is 8.16. The van der Waals surface area contributed by atoms with Gasteiger partial charge in [-0.25, -0.2) is 0 Å². The van der Waals surface area contributed by atoms with Gasteiger partial charge in [0, 0.05) is 43.7 Å². The molecule has 1 aromatic rings. The maximum Gasteiger partial charge on any atom is 0.236 e. The Balaban J connectivity index is 1.34. The number of fused-ring (bicyclic) bond motifs is 3. The zero-order chi connectivity index (χ0) is 24.2. The van der Waals surface area contributed by atoms with Gasteiger partial charge in [0.25, 0.3) is 0 Å². The number of carbonyl (C=O) groups excluding carboxylic acids is 2. The SMILES string of the molecule is CN1CCC(N2CC(=O)N3CC[C@@H](CC(=O)NC4CC4)[C@@H](/C=C\COc4ccccc4C2)C3)CC1. The fourth-order valence-electron chi connectivity index (χ4n) is 5.79. The van der Waals surface area contributed by atoms with Gasteiger partial charge >= 0.3 is 0 Å². The van der Waals surface area contributed by atoms with E-state index in [-0.39, 0.29) is 23.7 Å². The first-order chi connectivity index (χ1) is 17.0. The Morgan fingerprint density at radius 1 is 1.06 bits per heavy atom. The molecule has 3 fully saturated rings. The first-order valence-corrected chi connectivity index (χ1v) is 13.4. The molecule has 0 radical (unpaired) electrons. The van der Waals surface area contributed by atoms with Gasteiger partial charge < -0.3 is 19.9 Å². The lowest BCUT2D eigenvalue weighted by Crippen LogP contribution is -2.51. The van der Waals surface area contributed by atoms with Gasteiger partial charge in [0.1, 0.15) is 12.4 Å². The van der Waals surface area contributed by atoms with Crippen LogP contribution in [0.1, 0.15) is 44.1 Å². The number of ether oxygens (including phenoxy) is 1. The molecule has 3 aliphatic heterocycles. The lowest BCUT2D eigenvalue weighted by molar-refractivity contribution is -0.136. The van der Waals surface area contributed by atoms with Crippen molar-refractivity contribution < 1.29 is 14.3 Å². The molecule has 0 unspecified atom stereocenters. The van der Waals surface area contributed by atoms with Crippen LogP contribution >= 0.6 is 0 Å². The number of nitrogens with zero attached hydrogens (tertiary/aromatic N) is 3. The van der Waals surface area contributed by atoms with E-state index in [4.69, 9.17) is 4.74 Å². The largest absolute Gasteiger partial charge is 0.489 e. The number of likely N-dealkylation sites (tertiary alicyclic amines) is 1. The Morgan fingerprint density at radius 3 is 2.66 bits per heavy atom. The number of nitrogens with one attached hydrogen (secondary N) is 1. The number of hydrogen-bond acceptors (Lipinski definition) is 5. The van der Waals surface area contributed by atoms with Crippen molar-refractivity contribution in [3.63, 3.8) is 0 Å². The molecule has 1 aliphatic carbocycles. The van der Waals surface area contributed by atoms with Crippen molar-refractivity contribution in [2.75, 3.05) is 46.4 Å². The number of amides is 2. The predicted molar refractivity (Wildman–Crippen MR) is 136 cm³/mol. The Hall–Kier alpha value is -2.38. The summed E-state index contributed by atoms with van der Waals surface area (Å²) in [7, 11) is 2.17. The molecule has 2 amide bonds. The molecule has 2 atom stereocenters. The van der Waals surface area contributed by atoms with Gasteiger partial charge in [-0.3, -0.25) is 14.5 Å². The van der Waals surface area contributed by atoms with E-state index in [1.807, 2.05) is 17.0 Å². The highest BCUT2D eigenvalue weighted by molar-refractivity contribution is 5.79. The topological polar surface area (TPSA) is 65.1 Å². The van der Waals surface area contributed by atoms with Gasteiger partial charge in [-0.1, -0.05) is 30.4 Å². The summed E-state index contributed by atoms with van der Waals surface area (Å²) in [6.45, 7) is 5.20. The van der Waals surface area contributed by atoms with Crippen LogP contribution in [0.5, 0.6) is 5.75 Å². The summed E-state index contributed by atoms with van der Waals surface area (Å²) >= 11 is 0. The molecule has 4 aliphatic rings. The number of hydrogen-bond donors (Lipinski definition) is 1. The minimum atomic E-state index is 0.159. The molecule has 5 rings (SSSR count). The number of benzene rings is 1. The average molecular weight is 481 g/mol. The lowest BCUT2D eigenvalue weighted by atomic mass is 9.82. The summed E-state index contributed by atoms with van der Waals surface area (Å²) in [5, 5.41) is 3.14. The minimum absolute atomic E-state index is 0.159. The summed E-state index contributed by atoms with van der Waals surface area (Å²) in [4.78, 5) is 32.9. The normalized spacial score (nSPS) is 28.1. The van der Waals surface area contributed by atoms with E-state index in [0.717, 1.165) is 69.6 Å². The molecule has 35 heavy (non-hydrogen) atoms. The van der Waals surface area contributed by atoms with Crippen LogP contribution in [0.15, 0.2) is 36.4 Å². The second-order valence-corrected chi connectivity index (χ2v) is 10.9.